The molecule has 2 amide bonds. The number of alkyl halides is 1. The molecule has 0 aliphatic heterocycles. The van der Waals surface area contributed by atoms with Gasteiger partial charge in [0, 0.05) is 17.8 Å². The van der Waals surface area contributed by atoms with Crippen molar-refractivity contribution in [1.29, 1.82) is 0 Å². The van der Waals surface area contributed by atoms with Gasteiger partial charge in [-0.1, -0.05) is 13.8 Å². The van der Waals surface area contributed by atoms with E-state index in [0.29, 0.717) is 17.6 Å². The Kier molecular flexibility index (Phi) is 7.48. The van der Waals surface area contributed by atoms with E-state index in [0.717, 1.165) is 12.1 Å². The molecule has 1 heterocycles. The molecule has 7 heteroatoms. The van der Waals surface area contributed by atoms with E-state index in [-0.39, 0.29) is 24.2 Å². The van der Waals surface area contributed by atoms with Crippen LogP contribution in [-0.2, 0) is 9.59 Å². The van der Waals surface area contributed by atoms with Crippen LogP contribution in [0.1, 0.15) is 39.8 Å². The number of anilines is 1. The highest BCUT2D eigenvalue weighted by Crippen LogP contribution is 2.22. The number of rotatable bonds is 8. The Morgan fingerprint density at radius 3 is 2.57 bits per heavy atom. The van der Waals surface area contributed by atoms with Crippen LogP contribution in [0.15, 0.2) is 5.38 Å². The first-order valence-corrected chi connectivity index (χ1v) is 9.14. The summed E-state index contributed by atoms with van der Waals surface area (Å²) in [6.45, 7) is 10.2. The predicted octanol–water partition coefficient (Wildman–Crippen LogP) is 3.53. The van der Waals surface area contributed by atoms with Crippen LogP contribution in [0, 0.1) is 18.3 Å². The summed E-state index contributed by atoms with van der Waals surface area (Å²) in [6, 6.07) is 0. The van der Waals surface area contributed by atoms with Crippen LogP contribution in [0.25, 0.3) is 0 Å². The van der Waals surface area contributed by atoms with Gasteiger partial charge in [0.25, 0.3) is 0 Å². The van der Waals surface area contributed by atoms with E-state index >= 15 is 0 Å². The minimum atomic E-state index is -0.684. The molecule has 1 aromatic rings. The molecule has 0 aromatic carbocycles. The zero-order valence-corrected chi connectivity index (χ0v) is 16.1. The third kappa shape index (κ3) is 6.47. The number of carbonyl (C=O) groups is 2. The molecular formula is C16H26ClN3O2S. The largest absolute Gasteiger partial charge is 0.333 e. The number of nitrogens with zero attached hydrogens (tertiary/aromatic N) is 2. The first-order valence-electron chi connectivity index (χ1n) is 7.73. The smallest absolute Gasteiger partial charge is 0.245 e. The zero-order chi connectivity index (χ0) is 17.6. The van der Waals surface area contributed by atoms with Gasteiger partial charge in [0.1, 0.15) is 0 Å². The SMILES string of the molecule is Cc1csc(NC(=O)CN(CCC(C)C)C(=O)C(C)(C)CCl)n1. The van der Waals surface area contributed by atoms with Gasteiger partial charge in [-0.25, -0.2) is 4.98 Å². The van der Waals surface area contributed by atoms with E-state index in [4.69, 9.17) is 11.6 Å². The maximum absolute atomic E-state index is 12.6. The van der Waals surface area contributed by atoms with E-state index < -0.39 is 5.41 Å². The minimum absolute atomic E-state index is 0.0184. The molecule has 0 fully saturated rings. The van der Waals surface area contributed by atoms with Crippen LogP contribution < -0.4 is 5.32 Å². The number of halogens is 1. The van der Waals surface area contributed by atoms with Crippen molar-refractivity contribution in [3.05, 3.63) is 11.1 Å². The number of hydrogen-bond acceptors (Lipinski definition) is 4. The summed E-state index contributed by atoms with van der Waals surface area (Å²) in [6.07, 6.45) is 0.841. The van der Waals surface area contributed by atoms with Gasteiger partial charge >= 0.3 is 0 Å². The van der Waals surface area contributed by atoms with Crippen LogP contribution in [0.3, 0.4) is 0 Å². The van der Waals surface area contributed by atoms with Gasteiger partial charge in [-0.3, -0.25) is 9.59 Å². The normalized spacial score (nSPS) is 11.6. The second-order valence-corrected chi connectivity index (χ2v) is 7.89. The second-order valence-electron chi connectivity index (χ2n) is 6.77. The van der Waals surface area contributed by atoms with Crippen LogP contribution in [0.4, 0.5) is 5.13 Å². The van der Waals surface area contributed by atoms with E-state index in [2.05, 4.69) is 24.1 Å². The Labute approximate surface area is 147 Å². The topological polar surface area (TPSA) is 62.3 Å². The molecule has 23 heavy (non-hydrogen) atoms. The molecule has 0 saturated heterocycles. The average molecular weight is 360 g/mol. The second kappa shape index (κ2) is 8.64. The molecule has 1 N–H and O–H groups in total. The molecule has 0 radical (unpaired) electrons. The molecule has 5 nitrogen and oxygen atoms in total. The van der Waals surface area contributed by atoms with Gasteiger partial charge in [-0.15, -0.1) is 22.9 Å². The Bertz CT molecular complexity index is 543. The van der Waals surface area contributed by atoms with Crippen molar-refractivity contribution in [3.8, 4) is 0 Å². The number of carbonyl (C=O) groups excluding carboxylic acids is 2. The highest BCUT2D eigenvalue weighted by atomic mass is 35.5. The Hall–Kier alpha value is -1.14. The van der Waals surface area contributed by atoms with Gasteiger partial charge in [0.2, 0.25) is 11.8 Å². The molecule has 130 valence electrons. The van der Waals surface area contributed by atoms with Crippen molar-refractivity contribution >= 4 is 39.9 Å². The van der Waals surface area contributed by atoms with Crippen molar-refractivity contribution in [2.24, 2.45) is 11.3 Å². The predicted molar refractivity (Wildman–Crippen MR) is 96.0 cm³/mol. The van der Waals surface area contributed by atoms with Crippen molar-refractivity contribution in [2.45, 2.75) is 41.0 Å². The Morgan fingerprint density at radius 1 is 1.43 bits per heavy atom. The van der Waals surface area contributed by atoms with Crippen molar-refractivity contribution in [1.82, 2.24) is 9.88 Å². The molecule has 0 aliphatic carbocycles. The first kappa shape index (κ1) is 19.9. The van der Waals surface area contributed by atoms with E-state index in [1.54, 1.807) is 18.7 Å². The Morgan fingerprint density at radius 2 is 2.09 bits per heavy atom. The summed E-state index contributed by atoms with van der Waals surface area (Å²) in [7, 11) is 0. The lowest BCUT2D eigenvalue weighted by Crippen LogP contribution is -2.46. The average Bonchev–Trinajstić information content (AvgIpc) is 2.87. The number of thiazole rings is 1. The molecule has 0 unspecified atom stereocenters. The molecule has 0 bridgehead atoms. The van der Waals surface area contributed by atoms with Gasteiger partial charge < -0.3 is 10.2 Å². The maximum Gasteiger partial charge on any atom is 0.245 e. The van der Waals surface area contributed by atoms with Crippen LogP contribution in [0.2, 0.25) is 0 Å². The molecule has 0 aliphatic rings. The van der Waals surface area contributed by atoms with Gasteiger partial charge in [-0.05, 0) is 33.1 Å². The summed E-state index contributed by atoms with van der Waals surface area (Å²) >= 11 is 7.28. The van der Waals surface area contributed by atoms with E-state index in [9.17, 15) is 9.59 Å². The maximum atomic E-state index is 12.6. The highest BCUT2D eigenvalue weighted by Gasteiger charge is 2.32. The lowest BCUT2D eigenvalue weighted by Gasteiger charge is -2.30. The van der Waals surface area contributed by atoms with Gasteiger partial charge in [0.15, 0.2) is 5.13 Å². The number of hydrogen-bond donors (Lipinski definition) is 1. The molecule has 0 atom stereocenters. The van der Waals surface area contributed by atoms with Gasteiger partial charge in [-0.2, -0.15) is 0 Å². The lowest BCUT2D eigenvalue weighted by molar-refractivity contribution is -0.141. The first-order chi connectivity index (χ1) is 10.7. The third-order valence-corrected chi connectivity index (χ3v) is 4.92. The number of nitrogens with one attached hydrogen (secondary N) is 1. The fourth-order valence-electron chi connectivity index (χ4n) is 1.90. The summed E-state index contributed by atoms with van der Waals surface area (Å²) in [4.78, 5) is 30.7. The molecule has 0 saturated carbocycles. The number of aromatic nitrogens is 1. The van der Waals surface area contributed by atoms with E-state index in [1.807, 2.05) is 12.3 Å². The number of aryl methyl sites for hydroxylation is 1. The van der Waals surface area contributed by atoms with Gasteiger partial charge in [0.05, 0.1) is 17.7 Å². The summed E-state index contributed by atoms with van der Waals surface area (Å²) in [5.74, 6) is 0.339. The van der Waals surface area contributed by atoms with Crippen molar-refractivity contribution < 1.29 is 9.59 Å². The van der Waals surface area contributed by atoms with Crippen molar-refractivity contribution in [3.63, 3.8) is 0 Å². The lowest BCUT2D eigenvalue weighted by atomic mass is 9.94. The fraction of sp³-hybridized carbons (Fsp3) is 0.688. The Balaban J connectivity index is 2.75. The molecular weight excluding hydrogens is 334 g/mol. The monoisotopic (exact) mass is 359 g/mol. The molecule has 1 rings (SSSR count). The summed E-state index contributed by atoms with van der Waals surface area (Å²) < 4.78 is 0. The van der Waals surface area contributed by atoms with Crippen molar-refractivity contribution in [2.75, 3.05) is 24.3 Å². The van der Waals surface area contributed by atoms with Crippen LogP contribution >= 0.6 is 22.9 Å². The standard InChI is InChI=1S/C16H26ClN3O2S/c1-11(2)6-7-20(14(22)16(4,5)10-17)8-13(21)19-15-18-12(3)9-23-15/h9,11H,6-8,10H2,1-5H3,(H,18,19,21). The van der Waals surface area contributed by atoms with Crippen LogP contribution in [0.5, 0.6) is 0 Å². The molecule has 1 aromatic heterocycles. The summed E-state index contributed by atoms with van der Waals surface area (Å²) in [5, 5.41) is 5.17. The number of amides is 2. The molecule has 0 spiro atoms. The fourth-order valence-corrected chi connectivity index (χ4v) is 2.71. The highest BCUT2D eigenvalue weighted by molar-refractivity contribution is 7.13. The quantitative estimate of drug-likeness (QED) is 0.722. The summed E-state index contributed by atoms with van der Waals surface area (Å²) in [5.41, 5.74) is 0.178. The minimum Gasteiger partial charge on any atom is -0.333 e. The van der Waals surface area contributed by atoms with Crippen LogP contribution in [-0.4, -0.2) is 40.7 Å². The van der Waals surface area contributed by atoms with E-state index in [1.165, 1.54) is 11.3 Å². The zero-order valence-electron chi connectivity index (χ0n) is 14.5. The third-order valence-electron chi connectivity index (χ3n) is 3.38.